The second kappa shape index (κ2) is 17.1. The van der Waals surface area contributed by atoms with Gasteiger partial charge in [-0.3, -0.25) is 4.79 Å². The Morgan fingerprint density at radius 2 is 1.05 bits per heavy atom. The monoisotopic (exact) mass is 298 g/mol. The third-order valence-electron chi connectivity index (χ3n) is 3.99. The van der Waals surface area contributed by atoms with Gasteiger partial charge in [-0.1, -0.05) is 102 Å². The third-order valence-corrected chi connectivity index (χ3v) is 5.28. The summed E-state index contributed by atoms with van der Waals surface area (Å²) in [5.74, 6) is 0. The first-order valence-electron chi connectivity index (χ1n) is 8.99. The average Bonchev–Trinajstić information content (AvgIpc) is 2.43. The lowest BCUT2D eigenvalue weighted by Crippen LogP contribution is -2.03. The van der Waals surface area contributed by atoms with Crippen molar-refractivity contribution in [3.8, 4) is 0 Å². The van der Waals surface area contributed by atoms with E-state index in [1.54, 1.807) is 0 Å². The SMILES string of the molecule is CCCCCCCCCCCCCCC[CH2][AlH][C](=O)O. The van der Waals surface area contributed by atoms with E-state index in [0.717, 1.165) is 11.7 Å². The van der Waals surface area contributed by atoms with Crippen LogP contribution in [-0.4, -0.2) is 25.2 Å². The van der Waals surface area contributed by atoms with E-state index in [9.17, 15) is 4.79 Å². The number of unbranched alkanes of at least 4 members (excludes halogenated alkanes) is 13. The Kier molecular flexibility index (Phi) is 17.1. The Morgan fingerprint density at radius 1 is 0.700 bits per heavy atom. The topological polar surface area (TPSA) is 37.3 Å². The van der Waals surface area contributed by atoms with Crippen molar-refractivity contribution in [1.29, 1.82) is 0 Å². The van der Waals surface area contributed by atoms with Crippen LogP contribution in [0.3, 0.4) is 0 Å². The molecule has 0 amide bonds. The van der Waals surface area contributed by atoms with Crippen molar-refractivity contribution < 1.29 is 9.90 Å². The van der Waals surface area contributed by atoms with E-state index in [2.05, 4.69) is 6.92 Å². The molecular weight excluding hydrogens is 263 g/mol. The highest BCUT2D eigenvalue weighted by Crippen LogP contribution is 2.13. The predicted molar refractivity (Wildman–Crippen MR) is 90.3 cm³/mol. The molecule has 1 N–H and O–H groups in total. The van der Waals surface area contributed by atoms with E-state index in [-0.39, 0.29) is 0 Å². The van der Waals surface area contributed by atoms with Gasteiger partial charge in [0.05, 0.1) is 0 Å². The van der Waals surface area contributed by atoms with Crippen LogP contribution in [0.5, 0.6) is 0 Å². The van der Waals surface area contributed by atoms with Crippen molar-refractivity contribution in [2.24, 2.45) is 0 Å². The quantitative estimate of drug-likeness (QED) is 0.280. The molecule has 118 valence electrons. The van der Waals surface area contributed by atoms with Crippen LogP contribution in [-0.2, 0) is 0 Å². The number of carbonyl (C=O) groups is 1. The van der Waals surface area contributed by atoms with Gasteiger partial charge in [0.25, 0.3) is 0 Å². The first-order chi connectivity index (χ1) is 9.77. The van der Waals surface area contributed by atoms with Crippen LogP contribution >= 0.6 is 0 Å². The standard InChI is InChI=1S/C16H33.CHO2.Al.H/c1-3-5-7-9-11-13-15-16-14-12-10-8-6-4-2;2-1-3;;/h1,3-16H2,2H3;(H,2,3);;. The summed E-state index contributed by atoms with van der Waals surface area (Å²) < 4.78 is 0. The largest absolute Gasteiger partial charge is 0.496 e. The second-order valence-corrected chi connectivity index (χ2v) is 7.91. The van der Waals surface area contributed by atoms with E-state index < -0.39 is 20.1 Å². The van der Waals surface area contributed by atoms with Crippen molar-refractivity contribution in [1.82, 2.24) is 0 Å². The third kappa shape index (κ3) is 18.0. The van der Waals surface area contributed by atoms with E-state index >= 15 is 0 Å². The minimum atomic E-state index is -0.799. The fraction of sp³-hybridized carbons (Fsp3) is 0.941. The average molecular weight is 298 g/mol. The normalized spacial score (nSPS) is 10.7. The van der Waals surface area contributed by atoms with Gasteiger partial charge in [0.1, 0.15) is 0 Å². The maximum absolute atomic E-state index is 10.4. The Labute approximate surface area is 132 Å². The van der Waals surface area contributed by atoms with Gasteiger partial charge in [0, 0.05) is 0 Å². The summed E-state index contributed by atoms with van der Waals surface area (Å²) in [7, 11) is 0. The van der Waals surface area contributed by atoms with Gasteiger partial charge in [-0.05, 0) is 0 Å². The van der Waals surface area contributed by atoms with Gasteiger partial charge < -0.3 is 5.11 Å². The lowest BCUT2D eigenvalue weighted by atomic mass is 10.0. The Bertz CT molecular complexity index is 207. The van der Waals surface area contributed by atoms with Crippen LogP contribution in [0.4, 0.5) is 4.79 Å². The summed E-state index contributed by atoms with van der Waals surface area (Å²) in [5, 5.41) is 9.57. The zero-order chi connectivity index (χ0) is 14.9. The molecule has 20 heavy (non-hydrogen) atoms. The zero-order valence-electron chi connectivity index (χ0n) is 13.7. The van der Waals surface area contributed by atoms with Crippen molar-refractivity contribution in [3.63, 3.8) is 0 Å². The molecule has 0 rings (SSSR count). The maximum atomic E-state index is 10.4. The molecule has 0 radical (unpaired) electrons. The number of hydrogen-bond donors (Lipinski definition) is 1. The van der Waals surface area contributed by atoms with E-state index in [1.807, 2.05) is 0 Å². The highest BCUT2D eigenvalue weighted by molar-refractivity contribution is 6.71. The Hall–Kier alpha value is 0.00247. The fourth-order valence-electron chi connectivity index (χ4n) is 2.65. The minimum Gasteiger partial charge on any atom is -0.496 e. The minimum absolute atomic E-state index is 0.514. The maximum Gasteiger partial charge on any atom is 0.411 e. The molecule has 0 fully saturated rings. The molecule has 0 atom stereocenters. The summed E-state index contributed by atoms with van der Waals surface area (Å²) in [4.78, 5) is 9.88. The Balaban J connectivity index is 2.94. The van der Waals surface area contributed by atoms with Crippen molar-refractivity contribution in [3.05, 3.63) is 0 Å². The molecule has 0 bridgehead atoms. The van der Waals surface area contributed by atoms with E-state index in [0.29, 0.717) is 0 Å². The molecule has 0 aliphatic heterocycles. The molecule has 0 saturated carbocycles. The molecule has 0 saturated heterocycles. The predicted octanol–water partition coefficient (Wildman–Crippen LogP) is 6.00. The molecular formula is C17H35AlO2. The first kappa shape index (κ1) is 20.0. The second-order valence-electron chi connectivity index (χ2n) is 6.09. The molecule has 3 heteroatoms. The van der Waals surface area contributed by atoms with Gasteiger partial charge in [-0.2, -0.15) is 0 Å². The van der Waals surface area contributed by atoms with Crippen LogP contribution in [0.15, 0.2) is 0 Å². The smallest absolute Gasteiger partial charge is 0.411 e. The van der Waals surface area contributed by atoms with Gasteiger partial charge in [-0.25, -0.2) is 0 Å². The van der Waals surface area contributed by atoms with Gasteiger partial charge in [0.2, 0.25) is 0 Å². The van der Waals surface area contributed by atoms with Crippen molar-refractivity contribution in [2.75, 3.05) is 0 Å². The lowest BCUT2D eigenvalue weighted by molar-refractivity contribution is 0.219. The molecule has 2 nitrogen and oxygen atoms in total. The summed E-state index contributed by atoms with van der Waals surface area (Å²) in [5.41, 5.74) is 0. The molecule has 0 unspecified atom stereocenters. The molecule has 0 aliphatic rings. The van der Waals surface area contributed by atoms with Crippen LogP contribution < -0.4 is 0 Å². The molecule has 0 spiro atoms. The highest BCUT2D eigenvalue weighted by atomic mass is 27.1. The van der Waals surface area contributed by atoms with Crippen molar-refractivity contribution in [2.45, 2.75) is 102 Å². The summed E-state index contributed by atoms with van der Waals surface area (Å²) in [6, 6.07) is 0. The van der Waals surface area contributed by atoms with Crippen LogP contribution in [0.25, 0.3) is 0 Å². The molecule has 0 aromatic heterocycles. The molecule has 0 aromatic carbocycles. The number of hydrogen-bond acceptors (Lipinski definition) is 1. The summed E-state index contributed by atoms with van der Waals surface area (Å²) in [6.07, 6.45) is 19.2. The molecule has 0 heterocycles. The number of rotatable bonds is 16. The molecule has 0 aliphatic carbocycles. The molecule has 0 aromatic rings. The van der Waals surface area contributed by atoms with E-state index in [1.165, 1.54) is 83.5 Å². The Morgan fingerprint density at radius 3 is 1.40 bits per heavy atom. The number of carboxylic acid groups (broad SMARTS) is 1. The lowest BCUT2D eigenvalue weighted by Gasteiger charge is -2.02. The van der Waals surface area contributed by atoms with Crippen LogP contribution in [0.2, 0.25) is 5.28 Å². The summed E-state index contributed by atoms with van der Waals surface area (Å²) >= 11 is -0.799. The highest BCUT2D eigenvalue weighted by Gasteiger charge is 2.01. The van der Waals surface area contributed by atoms with Crippen LogP contribution in [0, 0.1) is 0 Å². The summed E-state index contributed by atoms with van der Waals surface area (Å²) in [6.45, 7) is 2.27. The van der Waals surface area contributed by atoms with Crippen molar-refractivity contribution >= 4 is 20.1 Å². The zero-order valence-corrected chi connectivity index (χ0v) is 15.1. The van der Waals surface area contributed by atoms with Gasteiger partial charge >= 0.3 is 15.2 Å². The van der Waals surface area contributed by atoms with Crippen LogP contribution in [0.1, 0.15) is 96.8 Å². The van der Waals surface area contributed by atoms with Gasteiger partial charge in [0.15, 0.2) is 4.83 Å². The fourth-order valence-corrected chi connectivity index (χ4v) is 3.55. The van der Waals surface area contributed by atoms with E-state index in [4.69, 9.17) is 5.11 Å². The first-order valence-corrected chi connectivity index (χ1v) is 10.7. The van der Waals surface area contributed by atoms with Gasteiger partial charge in [-0.15, -0.1) is 0 Å².